The molecule has 1 nitrogen and oxygen atoms in total. The summed E-state index contributed by atoms with van der Waals surface area (Å²) in [5.41, 5.74) is 4.94. The number of anilines is 3. The van der Waals surface area contributed by atoms with Crippen molar-refractivity contribution in [2.45, 2.75) is 12.8 Å². The van der Waals surface area contributed by atoms with Crippen LogP contribution in [0.4, 0.5) is 17.1 Å². The van der Waals surface area contributed by atoms with Crippen LogP contribution in [0, 0.1) is 0 Å². The van der Waals surface area contributed by atoms with Crippen LogP contribution in [0.1, 0.15) is 16.9 Å². The Labute approximate surface area is 233 Å². The highest BCUT2D eigenvalue weighted by molar-refractivity contribution is 7.25. The molecule has 0 N–H and O–H groups in total. The van der Waals surface area contributed by atoms with E-state index in [0.29, 0.717) is 0 Å². The first-order valence-corrected chi connectivity index (χ1v) is 14.9. The molecule has 2 heterocycles. The van der Waals surface area contributed by atoms with E-state index in [2.05, 4.69) is 108 Å². The number of fused-ring (bicyclic) bond motifs is 8. The smallest absolute Gasteiger partial charge is 0.0554 e. The molecule has 182 valence electrons. The molecule has 5 aromatic carbocycles. The maximum absolute atomic E-state index is 6.32. The van der Waals surface area contributed by atoms with Crippen LogP contribution in [0.5, 0.6) is 0 Å². The largest absolute Gasteiger partial charge is 0.310 e. The second-order valence-corrected chi connectivity index (χ2v) is 12.4. The zero-order valence-electron chi connectivity index (χ0n) is 20.4. The van der Waals surface area contributed by atoms with E-state index in [1.54, 1.807) is 11.3 Å². The monoisotopic (exact) mass is 543 g/mol. The molecule has 1 aliphatic rings. The van der Waals surface area contributed by atoms with Gasteiger partial charge in [-0.05, 0) is 66.3 Å². The standard InChI is InChI=1S/C34H22ClNS2/c35-21-14-16-25-26-17-15-23(19-32(26)38-31(25)18-21)36(22-8-2-1-3-9-22)29-20-33-34(27-11-5-4-10-24(27)29)28-12-6-7-13-30(28)37-33/h1-6,8-12,14-20H,7,13H2. The van der Waals surface area contributed by atoms with Gasteiger partial charge in [-0.2, -0.15) is 0 Å². The van der Waals surface area contributed by atoms with Crippen molar-refractivity contribution in [2.24, 2.45) is 0 Å². The Kier molecular flexibility index (Phi) is 5.12. The number of allylic oxidation sites excluding steroid dienone is 1. The van der Waals surface area contributed by atoms with Crippen LogP contribution in [0.15, 0.2) is 103 Å². The number of benzene rings is 5. The highest BCUT2D eigenvalue weighted by atomic mass is 35.5. The molecule has 0 bridgehead atoms. The quantitative estimate of drug-likeness (QED) is 0.214. The molecule has 0 saturated heterocycles. The van der Waals surface area contributed by atoms with Gasteiger partial charge in [0.05, 0.1) is 5.69 Å². The first kappa shape index (κ1) is 22.4. The zero-order chi connectivity index (χ0) is 25.2. The summed E-state index contributed by atoms with van der Waals surface area (Å²) in [5.74, 6) is 0. The summed E-state index contributed by atoms with van der Waals surface area (Å²) in [6, 6.07) is 35.1. The van der Waals surface area contributed by atoms with Crippen molar-refractivity contribution in [3.63, 3.8) is 0 Å². The van der Waals surface area contributed by atoms with Crippen molar-refractivity contribution in [1.29, 1.82) is 0 Å². The average molecular weight is 544 g/mol. The van der Waals surface area contributed by atoms with Gasteiger partial charge in [-0.25, -0.2) is 0 Å². The molecular formula is C34H22ClNS2. The molecule has 38 heavy (non-hydrogen) atoms. The number of hydrogen-bond acceptors (Lipinski definition) is 3. The Morgan fingerprint density at radius 1 is 0.632 bits per heavy atom. The molecule has 2 aromatic heterocycles. The van der Waals surface area contributed by atoms with Crippen molar-refractivity contribution >= 4 is 98.4 Å². The van der Waals surface area contributed by atoms with Gasteiger partial charge >= 0.3 is 0 Å². The average Bonchev–Trinajstić information content (AvgIpc) is 3.51. The number of thiophene rings is 2. The van der Waals surface area contributed by atoms with Crippen LogP contribution in [-0.4, -0.2) is 0 Å². The molecule has 0 radical (unpaired) electrons. The van der Waals surface area contributed by atoms with E-state index in [9.17, 15) is 0 Å². The van der Waals surface area contributed by atoms with Gasteiger partial charge in [-0.15, -0.1) is 22.7 Å². The van der Waals surface area contributed by atoms with Crippen molar-refractivity contribution in [3.05, 3.63) is 119 Å². The fourth-order valence-corrected chi connectivity index (χ4v) is 8.54. The number of rotatable bonds is 3. The molecule has 4 heteroatoms. The first-order valence-electron chi connectivity index (χ1n) is 12.9. The van der Waals surface area contributed by atoms with Gasteiger partial charge in [0.15, 0.2) is 0 Å². The van der Waals surface area contributed by atoms with Crippen molar-refractivity contribution in [1.82, 2.24) is 0 Å². The molecule has 8 rings (SSSR count). The number of aryl methyl sites for hydroxylation is 1. The van der Waals surface area contributed by atoms with Gasteiger partial charge in [0.2, 0.25) is 0 Å². The maximum atomic E-state index is 6.32. The topological polar surface area (TPSA) is 3.24 Å². The summed E-state index contributed by atoms with van der Waals surface area (Å²) in [4.78, 5) is 3.93. The lowest BCUT2D eigenvalue weighted by Crippen LogP contribution is -2.10. The Hall–Kier alpha value is -3.63. The summed E-state index contributed by atoms with van der Waals surface area (Å²) in [5, 5.41) is 7.30. The lowest BCUT2D eigenvalue weighted by Gasteiger charge is -2.27. The van der Waals surface area contributed by atoms with Gasteiger partial charge in [0.1, 0.15) is 0 Å². The van der Waals surface area contributed by atoms with Crippen LogP contribution in [0.25, 0.3) is 47.1 Å². The molecule has 0 amide bonds. The number of nitrogens with zero attached hydrogens (tertiary/aromatic N) is 1. The van der Waals surface area contributed by atoms with Gasteiger partial charge in [0, 0.05) is 56.9 Å². The summed E-state index contributed by atoms with van der Waals surface area (Å²) in [7, 11) is 0. The third-order valence-corrected chi connectivity index (χ3v) is 10.1. The molecule has 0 spiro atoms. The third-order valence-electron chi connectivity index (χ3n) is 7.54. The van der Waals surface area contributed by atoms with E-state index in [-0.39, 0.29) is 0 Å². The number of para-hydroxylation sites is 1. The maximum Gasteiger partial charge on any atom is 0.0554 e. The van der Waals surface area contributed by atoms with Crippen LogP contribution in [0.3, 0.4) is 0 Å². The molecule has 0 aliphatic heterocycles. The molecule has 0 saturated carbocycles. The Morgan fingerprint density at radius 3 is 2.26 bits per heavy atom. The Balaban J connectivity index is 1.42. The molecule has 1 aliphatic carbocycles. The third kappa shape index (κ3) is 3.43. The Bertz CT molecular complexity index is 2050. The number of hydrogen-bond donors (Lipinski definition) is 0. The van der Waals surface area contributed by atoms with E-state index in [0.717, 1.165) is 29.2 Å². The fourth-order valence-electron chi connectivity index (χ4n) is 5.86. The second kappa shape index (κ2) is 8.71. The van der Waals surface area contributed by atoms with Crippen molar-refractivity contribution < 1.29 is 0 Å². The van der Waals surface area contributed by atoms with Crippen LogP contribution >= 0.6 is 34.3 Å². The molecule has 0 unspecified atom stereocenters. The summed E-state index contributed by atoms with van der Waals surface area (Å²) >= 11 is 10.1. The lowest BCUT2D eigenvalue weighted by atomic mass is 9.97. The van der Waals surface area contributed by atoms with E-state index < -0.39 is 0 Å². The fraction of sp³-hybridized carbons (Fsp3) is 0.0588. The van der Waals surface area contributed by atoms with Crippen LogP contribution < -0.4 is 4.90 Å². The predicted molar refractivity (Wildman–Crippen MR) is 169 cm³/mol. The van der Waals surface area contributed by atoms with E-state index in [1.807, 2.05) is 17.4 Å². The van der Waals surface area contributed by atoms with E-state index in [4.69, 9.17) is 11.6 Å². The molecule has 0 atom stereocenters. The summed E-state index contributed by atoms with van der Waals surface area (Å²) in [6.45, 7) is 0. The van der Waals surface area contributed by atoms with Crippen molar-refractivity contribution in [3.8, 4) is 0 Å². The van der Waals surface area contributed by atoms with Crippen LogP contribution in [-0.2, 0) is 6.42 Å². The lowest BCUT2D eigenvalue weighted by molar-refractivity contribution is 1.02. The van der Waals surface area contributed by atoms with E-state index >= 15 is 0 Å². The minimum atomic E-state index is 0.781. The zero-order valence-corrected chi connectivity index (χ0v) is 22.8. The summed E-state index contributed by atoms with van der Waals surface area (Å²) < 4.78 is 3.84. The SMILES string of the molecule is Clc1ccc2c(c1)sc1cc(N(c3ccccc3)c3cc4sc5c(c4c4ccccc34)C=CCC5)ccc12. The highest BCUT2D eigenvalue weighted by Crippen LogP contribution is 2.47. The van der Waals surface area contributed by atoms with E-state index in [1.165, 1.54) is 57.2 Å². The van der Waals surface area contributed by atoms with Gasteiger partial charge in [-0.1, -0.05) is 78.4 Å². The molecule has 7 aromatic rings. The normalized spacial score (nSPS) is 13.1. The molecule has 0 fully saturated rings. The summed E-state index contributed by atoms with van der Waals surface area (Å²) in [6.07, 6.45) is 6.91. The Morgan fingerprint density at radius 2 is 1.39 bits per heavy atom. The van der Waals surface area contributed by atoms with Gasteiger partial charge in [0.25, 0.3) is 0 Å². The van der Waals surface area contributed by atoms with Crippen molar-refractivity contribution in [2.75, 3.05) is 4.90 Å². The highest BCUT2D eigenvalue weighted by Gasteiger charge is 2.21. The minimum Gasteiger partial charge on any atom is -0.310 e. The molecular weight excluding hydrogens is 522 g/mol. The minimum absolute atomic E-state index is 0.781. The van der Waals surface area contributed by atoms with Gasteiger partial charge in [-0.3, -0.25) is 0 Å². The predicted octanol–water partition coefficient (Wildman–Crippen LogP) is 11.5. The first-order chi connectivity index (χ1) is 18.7. The van der Waals surface area contributed by atoms with Crippen LogP contribution in [0.2, 0.25) is 5.02 Å². The van der Waals surface area contributed by atoms with Gasteiger partial charge < -0.3 is 4.90 Å². The number of halogens is 1. The second-order valence-electron chi connectivity index (χ2n) is 9.79.